The summed E-state index contributed by atoms with van der Waals surface area (Å²) in [6.45, 7) is 5.16. The maximum Gasteiger partial charge on any atom is 0.282 e. The molecule has 6 fully saturated rings. The Labute approximate surface area is 367 Å². The van der Waals surface area contributed by atoms with Gasteiger partial charge in [-0.25, -0.2) is 18.3 Å². The van der Waals surface area contributed by atoms with Crippen LogP contribution in [0.5, 0.6) is 0 Å². The Bertz CT molecular complexity index is 2540. The number of alkyl halides is 2. The number of likely N-dealkylation sites (tertiary alicyclic amines) is 1. The Hall–Kier alpha value is -5.82. The number of piperidine rings is 2. The summed E-state index contributed by atoms with van der Waals surface area (Å²) < 4.78 is 37.5. The normalized spacial score (nSPS) is 26.9. The lowest BCUT2D eigenvalue weighted by molar-refractivity contribution is -0.136. The minimum Gasteiger partial charge on any atom is -0.384 e. The average Bonchev–Trinajstić information content (AvgIpc) is 4.13. The zero-order chi connectivity index (χ0) is 43.9. The number of imide groups is 2. The van der Waals surface area contributed by atoms with Crippen LogP contribution in [0.2, 0.25) is 0 Å². The molecule has 5 amide bonds. The van der Waals surface area contributed by atoms with Crippen molar-refractivity contribution in [1.82, 2.24) is 39.5 Å². The molecule has 336 valence electrons. The first-order valence-electron chi connectivity index (χ1n) is 22.7. The van der Waals surface area contributed by atoms with E-state index in [1.165, 1.54) is 12.4 Å². The third-order valence-corrected chi connectivity index (χ3v) is 15.1. The fourth-order valence-corrected chi connectivity index (χ4v) is 11.7. The molecular weight excluding hydrogens is 829 g/mol. The van der Waals surface area contributed by atoms with Gasteiger partial charge in [0.15, 0.2) is 5.65 Å². The van der Waals surface area contributed by atoms with Crippen LogP contribution in [0.4, 0.5) is 26.0 Å². The molecular formula is C45H51F2N11O6. The molecule has 5 aliphatic heterocycles. The number of carbonyl (C=O) groups excluding carboxylic acids is 5. The number of ether oxygens (including phenoxy) is 1. The van der Waals surface area contributed by atoms with E-state index in [9.17, 15) is 32.8 Å². The van der Waals surface area contributed by atoms with E-state index in [1.807, 2.05) is 6.07 Å². The van der Waals surface area contributed by atoms with Crippen LogP contribution in [0.15, 0.2) is 42.9 Å². The molecule has 17 nitrogen and oxygen atoms in total. The highest BCUT2D eigenvalue weighted by molar-refractivity contribution is 6.25. The monoisotopic (exact) mass is 879 g/mol. The second kappa shape index (κ2) is 16.0. The number of halogens is 2. The lowest BCUT2D eigenvalue weighted by atomic mass is 9.57. The van der Waals surface area contributed by atoms with Gasteiger partial charge in [0.1, 0.15) is 23.2 Å². The molecule has 0 radical (unpaired) electrons. The Morgan fingerprint density at radius 1 is 0.969 bits per heavy atom. The minimum atomic E-state index is -2.91. The van der Waals surface area contributed by atoms with Gasteiger partial charge < -0.3 is 25.2 Å². The van der Waals surface area contributed by atoms with Gasteiger partial charge in [0.05, 0.1) is 47.7 Å². The van der Waals surface area contributed by atoms with Crippen LogP contribution >= 0.6 is 0 Å². The number of nitrogens with zero attached hydrogens (tertiary/aromatic N) is 8. The number of fused-ring (bicyclic) bond motifs is 4. The molecule has 4 saturated heterocycles. The van der Waals surface area contributed by atoms with Crippen molar-refractivity contribution < 1.29 is 37.5 Å². The third-order valence-electron chi connectivity index (χ3n) is 15.1. The largest absolute Gasteiger partial charge is 0.384 e. The number of anilines is 3. The van der Waals surface area contributed by atoms with Crippen molar-refractivity contribution in [3.8, 4) is 0 Å². The molecule has 1 unspecified atom stereocenters. The number of hydrogen-bond acceptors (Lipinski definition) is 12. The van der Waals surface area contributed by atoms with E-state index >= 15 is 0 Å². The molecule has 2 bridgehead atoms. The summed E-state index contributed by atoms with van der Waals surface area (Å²) in [4.78, 5) is 75.1. The Morgan fingerprint density at radius 2 is 1.78 bits per heavy atom. The maximum absolute atomic E-state index is 14.3. The second-order valence-corrected chi connectivity index (χ2v) is 19.1. The van der Waals surface area contributed by atoms with E-state index in [0.29, 0.717) is 47.4 Å². The second-order valence-electron chi connectivity index (χ2n) is 19.1. The molecule has 64 heavy (non-hydrogen) atoms. The number of nitrogens with one attached hydrogen (secondary N) is 3. The summed E-state index contributed by atoms with van der Waals surface area (Å²) >= 11 is 0. The molecule has 11 rings (SSSR count). The summed E-state index contributed by atoms with van der Waals surface area (Å²) in [7, 11) is 0. The summed E-state index contributed by atoms with van der Waals surface area (Å²) in [6, 6.07) is 6.23. The van der Waals surface area contributed by atoms with Crippen LogP contribution in [0, 0.1) is 17.3 Å². The van der Waals surface area contributed by atoms with E-state index in [2.05, 4.69) is 35.9 Å². The van der Waals surface area contributed by atoms with Gasteiger partial charge >= 0.3 is 0 Å². The summed E-state index contributed by atoms with van der Waals surface area (Å²) in [6.07, 6.45) is 11.1. The van der Waals surface area contributed by atoms with Gasteiger partial charge in [0, 0.05) is 44.1 Å². The first-order chi connectivity index (χ1) is 31.0. The van der Waals surface area contributed by atoms with Gasteiger partial charge in [-0.3, -0.25) is 38.9 Å². The number of carbonyl (C=O) groups is 5. The van der Waals surface area contributed by atoms with Crippen molar-refractivity contribution in [2.24, 2.45) is 17.3 Å². The molecule has 1 aromatic carbocycles. The van der Waals surface area contributed by atoms with Crippen molar-refractivity contribution >= 4 is 52.4 Å². The van der Waals surface area contributed by atoms with Crippen molar-refractivity contribution in [3.05, 3.63) is 65.2 Å². The zero-order valence-electron chi connectivity index (χ0n) is 35.4. The molecule has 3 aromatic heterocycles. The molecule has 19 heteroatoms. The first kappa shape index (κ1) is 40.9. The summed E-state index contributed by atoms with van der Waals surface area (Å²) in [5.74, 6) is -1.01. The number of rotatable bonds is 11. The number of hydrogen-bond donors (Lipinski definition) is 3. The topological polar surface area (TPSA) is 188 Å². The third kappa shape index (κ3) is 7.29. The van der Waals surface area contributed by atoms with Gasteiger partial charge in [-0.05, 0) is 113 Å². The van der Waals surface area contributed by atoms with Crippen LogP contribution in [0.3, 0.4) is 0 Å². The molecule has 2 aliphatic carbocycles. The molecule has 2 saturated carbocycles. The predicted octanol–water partition coefficient (Wildman–Crippen LogP) is 4.83. The zero-order valence-corrected chi connectivity index (χ0v) is 35.4. The SMILES string of the molecule is O=C1CCC(N2C(=O)c3cccc(NCC4CC5(CCN(CC6CCC(n7cc(C(=O)Nc8cnn9ccc(N%10C[C@H]%11C[C@@H]%10CO%11)nc89)c(C(F)F)n7)CC6)CC5)C4)c3C2=O)C(=O)N1. The molecule has 8 heterocycles. The fourth-order valence-electron chi connectivity index (χ4n) is 11.7. The standard InChI is InChI=1S/C45H51F2N11O6/c46-39(47)38-31(41(60)50-33-20-49-56-13-10-35(51-40(33)56)55-22-29-16-28(55)24-64-29)23-57(53-38)27-6-4-25(5-7-27)21-54-14-11-45(12-15-54)17-26(18-45)19-48-32-3-1-2-30-37(32)44(63)58(43(30)62)34-8-9-36(59)52-42(34)61/h1-3,10,13,20,23,25-29,34,39,48H,4-9,11-12,14-19,21-22,24H2,(H,50,60)(H,52,59,61)/t25?,27?,28-,29-,34?/m1/s1. The van der Waals surface area contributed by atoms with Gasteiger partial charge in [-0.2, -0.15) is 10.2 Å². The quantitative estimate of drug-likeness (QED) is 0.175. The van der Waals surface area contributed by atoms with Crippen LogP contribution in [-0.4, -0.2) is 121 Å². The summed E-state index contributed by atoms with van der Waals surface area (Å²) in [5.41, 5.74) is 1.57. The fraction of sp³-hybridized carbons (Fsp3) is 0.556. The van der Waals surface area contributed by atoms with Crippen molar-refractivity contribution in [1.29, 1.82) is 0 Å². The summed E-state index contributed by atoms with van der Waals surface area (Å²) in [5, 5.41) is 17.1. The van der Waals surface area contributed by atoms with Crippen LogP contribution < -0.4 is 20.9 Å². The van der Waals surface area contributed by atoms with Gasteiger partial charge in [0.2, 0.25) is 11.8 Å². The van der Waals surface area contributed by atoms with E-state index in [1.54, 1.807) is 33.6 Å². The highest BCUT2D eigenvalue weighted by Gasteiger charge is 2.48. The van der Waals surface area contributed by atoms with Crippen molar-refractivity contribution in [2.75, 3.05) is 54.9 Å². The van der Waals surface area contributed by atoms with Crippen LogP contribution in [-0.2, 0) is 14.3 Å². The van der Waals surface area contributed by atoms with Crippen LogP contribution in [0.1, 0.15) is 120 Å². The average molecular weight is 880 g/mol. The van der Waals surface area contributed by atoms with Gasteiger partial charge in [-0.15, -0.1) is 0 Å². The number of amides is 5. The lowest BCUT2D eigenvalue weighted by Gasteiger charge is -2.53. The minimum absolute atomic E-state index is 0.0683. The molecule has 7 aliphatic rings. The van der Waals surface area contributed by atoms with E-state index < -0.39 is 47.7 Å². The number of morpholine rings is 1. The van der Waals surface area contributed by atoms with Crippen LogP contribution in [0.25, 0.3) is 5.65 Å². The number of benzene rings is 1. The maximum atomic E-state index is 14.3. The first-order valence-corrected chi connectivity index (χ1v) is 22.7. The van der Waals surface area contributed by atoms with Gasteiger partial charge in [0.25, 0.3) is 24.1 Å². The smallest absolute Gasteiger partial charge is 0.282 e. The Morgan fingerprint density at radius 3 is 2.52 bits per heavy atom. The van der Waals surface area contributed by atoms with E-state index in [4.69, 9.17) is 9.72 Å². The highest BCUT2D eigenvalue weighted by Crippen LogP contribution is 2.53. The Kier molecular flexibility index (Phi) is 10.2. The van der Waals surface area contributed by atoms with E-state index in [0.717, 1.165) is 94.7 Å². The molecule has 3 atom stereocenters. The molecule has 1 spiro atoms. The van der Waals surface area contributed by atoms with Crippen molar-refractivity contribution in [2.45, 2.75) is 101 Å². The number of aromatic nitrogens is 5. The molecule has 3 N–H and O–H groups in total. The lowest BCUT2D eigenvalue weighted by Crippen LogP contribution is -2.54. The highest BCUT2D eigenvalue weighted by atomic mass is 19.3. The Balaban J connectivity index is 0.646. The predicted molar refractivity (Wildman–Crippen MR) is 227 cm³/mol. The molecule has 4 aromatic rings. The van der Waals surface area contributed by atoms with E-state index in [-0.39, 0.29) is 47.7 Å². The van der Waals surface area contributed by atoms with Gasteiger partial charge in [-0.1, -0.05) is 6.07 Å². The van der Waals surface area contributed by atoms with Crippen molar-refractivity contribution in [3.63, 3.8) is 0 Å².